The molecular weight excluding hydrogens is 240 g/mol. The predicted octanol–water partition coefficient (Wildman–Crippen LogP) is 2.89. The quantitative estimate of drug-likeness (QED) is 0.735. The van der Waals surface area contributed by atoms with Gasteiger partial charge in [-0.2, -0.15) is 0 Å². The summed E-state index contributed by atoms with van der Waals surface area (Å²) in [5.74, 6) is -0.986. The van der Waals surface area contributed by atoms with Crippen molar-refractivity contribution in [3.63, 3.8) is 0 Å². The Morgan fingerprint density at radius 3 is 2.68 bits per heavy atom. The van der Waals surface area contributed by atoms with Crippen molar-refractivity contribution in [2.75, 3.05) is 11.1 Å². The summed E-state index contributed by atoms with van der Waals surface area (Å²) in [5.41, 5.74) is 9.12. The first kappa shape index (κ1) is 13.0. The van der Waals surface area contributed by atoms with E-state index in [1.54, 1.807) is 12.1 Å². The van der Waals surface area contributed by atoms with Crippen LogP contribution in [0.2, 0.25) is 0 Å². The van der Waals surface area contributed by atoms with Gasteiger partial charge < -0.3 is 16.2 Å². The van der Waals surface area contributed by atoms with Crippen molar-refractivity contribution < 1.29 is 9.90 Å². The van der Waals surface area contributed by atoms with Gasteiger partial charge in [-0.3, -0.25) is 0 Å². The number of anilines is 2. The summed E-state index contributed by atoms with van der Waals surface area (Å²) in [6.45, 7) is 2.61. The molecule has 0 aliphatic carbocycles. The first-order valence-electron chi connectivity index (χ1n) is 5.99. The summed E-state index contributed by atoms with van der Waals surface area (Å²) >= 11 is 0. The maximum atomic E-state index is 11.2. The van der Waals surface area contributed by atoms with Crippen molar-refractivity contribution in [3.8, 4) is 0 Å². The zero-order valence-electron chi connectivity index (χ0n) is 10.7. The minimum absolute atomic E-state index is 0.189. The van der Waals surface area contributed by atoms with E-state index in [2.05, 4.69) is 5.32 Å². The number of aryl methyl sites for hydroxylation is 1. The molecule has 0 heterocycles. The highest BCUT2D eigenvalue weighted by molar-refractivity contribution is 5.95. The van der Waals surface area contributed by atoms with Crippen LogP contribution in [0.1, 0.15) is 21.5 Å². The molecule has 0 atom stereocenters. The Hall–Kier alpha value is -2.49. The van der Waals surface area contributed by atoms with Crippen molar-refractivity contribution in [2.45, 2.75) is 13.5 Å². The number of hydrogen-bond donors (Lipinski definition) is 3. The van der Waals surface area contributed by atoms with Crippen LogP contribution in [-0.4, -0.2) is 11.1 Å². The summed E-state index contributed by atoms with van der Waals surface area (Å²) in [6.07, 6.45) is 0. The molecule has 2 rings (SSSR count). The number of nitrogen functional groups attached to an aromatic ring is 1. The molecule has 0 aromatic heterocycles. The summed E-state index contributed by atoms with van der Waals surface area (Å²) in [6, 6.07) is 12.8. The lowest BCUT2D eigenvalue weighted by Crippen LogP contribution is -2.07. The van der Waals surface area contributed by atoms with Crippen molar-refractivity contribution in [2.24, 2.45) is 0 Å². The van der Waals surface area contributed by atoms with Crippen LogP contribution in [0.5, 0.6) is 0 Å². The number of rotatable bonds is 4. The Bertz CT molecular complexity index is 609. The van der Waals surface area contributed by atoms with E-state index >= 15 is 0 Å². The summed E-state index contributed by atoms with van der Waals surface area (Å²) in [5, 5.41) is 12.3. The standard InChI is InChI=1S/C15H16N2O2/c1-10-4-2-3-5-11(10)9-17-14-7-6-12(16)8-13(14)15(18)19/h2-8,17H,9,16H2,1H3,(H,18,19). The molecule has 0 amide bonds. The molecule has 2 aromatic rings. The van der Waals surface area contributed by atoms with Crippen molar-refractivity contribution in [1.29, 1.82) is 0 Å². The van der Waals surface area contributed by atoms with Gasteiger partial charge in [0.2, 0.25) is 0 Å². The van der Waals surface area contributed by atoms with E-state index in [0.717, 1.165) is 5.56 Å². The van der Waals surface area contributed by atoms with E-state index in [1.807, 2.05) is 31.2 Å². The molecule has 0 fully saturated rings. The van der Waals surface area contributed by atoms with Gasteiger partial charge in [0.15, 0.2) is 0 Å². The third-order valence-corrected chi connectivity index (χ3v) is 3.00. The highest BCUT2D eigenvalue weighted by Crippen LogP contribution is 2.20. The largest absolute Gasteiger partial charge is 0.478 e. The summed E-state index contributed by atoms with van der Waals surface area (Å²) < 4.78 is 0. The molecule has 98 valence electrons. The second-order valence-electron chi connectivity index (χ2n) is 4.39. The van der Waals surface area contributed by atoms with Crippen molar-refractivity contribution >= 4 is 17.3 Å². The molecule has 0 spiro atoms. The van der Waals surface area contributed by atoms with Gasteiger partial charge in [0.1, 0.15) is 0 Å². The number of benzene rings is 2. The van der Waals surface area contributed by atoms with Crippen LogP contribution in [0.4, 0.5) is 11.4 Å². The molecular formula is C15H16N2O2. The van der Waals surface area contributed by atoms with Gasteiger partial charge in [0.05, 0.1) is 5.56 Å². The Kier molecular flexibility index (Phi) is 3.71. The first-order valence-corrected chi connectivity index (χ1v) is 5.99. The molecule has 2 aromatic carbocycles. The van der Waals surface area contributed by atoms with Crippen LogP contribution in [0.15, 0.2) is 42.5 Å². The van der Waals surface area contributed by atoms with E-state index in [-0.39, 0.29) is 5.56 Å². The van der Waals surface area contributed by atoms with Crippen molar-refractivity contribution in [1.82, 2.24) is 0 Å². The van der Waals surface area contributed by atoms with Gasteiger partial charge in [-0.05, 0) is 36.2 Å². The average molecular weight is 256 g/mol. The zero-order valence-corrected chi connectivity index (χ0v) is 10.7. The number of hydrogen-bond acceptors (Lipinski definition) is 3. The molecule has 0 saturated heterocycles. The third kappa shape index (κ3) is 3.04. The van der Waals surface area contributed by atoms with E-state index < -0.39 is 5.97 Å². The Morgan fingerprint density at radius 2 is 2.00 bits per heavy atom. The minimum atomic E-state index is -0.986. The van der Waals surface area contributed by atoms with Crippen LogP contribution in [-0.2, 0) is 6.54 Å². The SMILES string of the molecule is Cc1ccccc1CNc1ccc(N)cc1C(=O)O. The molecule has 0 aliphatic heterocycles. The minimum Gasteiger partial charge on any atom is -0.478 e. The van der Waals surface area contributed by atoms with Gasteiger partial charge in [-0.25, -0.2) is 4.79 Å². The molecule has 4 N–H and O–H groups in total. The Balaban J connectivity index is 2.20. The van der Waals surface area contributed by atoms with E-state index in [4.69, 9.17) is 10.8 Å². The number of nitrogens with one attached hydrogen (secondary N) is 1. The highest BCUT2D eigenvalue weighted by Gasteiger charge is 2.10. The van der Waals surface area contributed by atoms with Gasteiger partial charge in [-0.15, -0.1) is 0 Å². The van der Waals surface area contributed by atoms with Gasteiger partial charge in [0, 0.05) is 17.9 Å². The second kappa shape index (κ2) is 5.44. The maximum absolute atomic E-state index is 11.2. The summed E-state index contributed by atoms with van der Waals surface area (Å²) in [4.78, 5) is 11.2. The highest BCUT2D eigenvalue weighted by atomic mass is 16.4. The topological polar surface area (TPSA) is 75.3 Å². The molecule has 4 heteroatoms. The maximum Gasteiger partial charge on any atom is 0.337 e. The lowest BCUT2D eigenvalue weighted by Gasteiger charge is -2.11. The van der Waals surface area contributed by atoms with E-state index in [1.165, 1.54) is 11.6 Å². The number of nitrogens with two attached hydrogens (primary N) is 1. The number of carboxylic acids is 1. The predicted molar refractivity (Wildman–Crippen MR) is 76.3 cm³/mol. The molecule has 0 bridgehead atoms. The van der Waals surface area contributed by atoms with Crippen LogP contribution in [0, 0.1) is 6.92 Å². The molecule has 0 aliphatic rings. The van der Waals surface area contributed by atoms with E-state index in [9.17, 15) is 4.79 Å². The summed E-state index contributed by atoms with van der Waals surface area (Å²) in [7, 11) is 0. The van der Waals surface area contributed by atoms with Crippen LogP contribution in [0.3, 0.4) is 0 Å². The number of carbonyl (C=O) groups is 1. The molecule has 0 saturated carbocycles. The Labute approximate surface area is 111 Å². The van der Waals surface area contributed by atoms with E-state index in [0.29, 0.717) is 17.9 Å². The number of aromatic carboxylic acids is 1. The van der Waals surface area contributed by atoms with Crippen LogP contribution in [0.25, 0.3) is 0 Å². The normalized spacial score (nSPS) is 10.2. The fourth-order valence-electron chi connectivity index (χ4n) is 1.89. The third-order valence-electron chi connectivity index (χ3n) is 3.00. The van der Waals surface area contributed by atoms with Gasteiger partial charge in [0.25, 0.3) is 0 Å². The van der Waals surface area contributed by atoms with Crippen LogP contribution >= 0.6 is 0 Å². The monoisotopic (exact) mass is 256 g/mol. The Morgan fingerprint density at radius 1 is 1.26 bits per heavy atom. The van der Waals surface area contributed by atoms with Crippen LogP contribution < -0.4 is 11.1 Å². The lowest BCUT2D eigenvalue weighted by molar-refractivity contribution is 0.0698. The van der Waals surface area contributed by atoms with Crippen molar-refractivity contribution in [3.05, 3.63) is 59.2 Å². The average Bonchev–Trinajstić information content (AvgIpc) is 2.38. The molecule has 0 radical (unpaired) electrons. The molecule has 0 unspecified atom stereocenters. The lowest BCUT2D eigenvalue weighted by atomic mass is 10.1. The smallest absolute Gasteiger partial charge is 0.337 e. The molecule has 4 nitrogen and oxygen atoms in total. The fraction of sp³-hybridized carbons (Fsp3) is 0.133. The molecule has 19 heavy (non-hydrogen) atoms. The van der Waals surface area contributed by atoms with Gasteiger partial charge in [-0.1, -0.05) is 24.3 Å². The first-order chi connectivity index (χ1) is 9.08. The second-order valence-corrected chi connectivity index (χ2v) is 4.39. The number of carboxylic acid groups (broad SMARTS) is 1. The fourth-order valence-corrected chi connectivity index (χ4v) is 1.89. The zero-order chi connectivity index (χ0) is 13.8. The van der Waals surface area contributed by atoms with Gasteiger partial charge >= 0.3 is 5.97 Å².